The minimum atomic E-state index is -0.842. The zero-order valence-corrected chi connectivity index (χ0v) is 15.4. The molecular weight excluding hydrogens is 344 g/mol. The molecule has 0 aliphatic rings. The maximum Gasteiger partial charge on any atom is 0.184 e. The molecular formula is C26H20O2. The average molecular weight is 364 g/mol. The van der Waals surface area contributed by atoms with E-state index in [0.29, 0.717) is 11.3 Å². The Morgan fingerprint density at radius 1 is 0.571 bits per heavy atom. The van der Waals surface area contributed by atoms with Gasteiger partial charge in [-0.25, -0.2) is 0 Å². The number of ether oxygens (including phenoxy) is 1. The summed E-state index contributed by atoms with van der Waals surface area (Å²) in [4.78, 5) is 11.3. The molecule has 4 aromatic rings. The van der Waals surface area contributed by atoms with Crippen LogP contribution in [0.25, 0.3) is 0 Å². The van der Waals surface area contributed by atoms with Gasteiger partial charge in [-0.05, 0) is 12.1 Å². The van der Waals surface area contributed by atoms with Gasteiger partial charge in [0, 0.05) is 22.3 Å². The quantitative estimate of drug-likeness (QED) is 0.316. The molecule has 0 aliphatic heterocycles. The largest absolute Gasteiger partial charge is 0.473 e. The van der Waals surface area contributed by atoms with Gasteiger partial charge in [0.25, 0.3) is 0 Å². The SMILES string of the molecule is O=Cc1cccc(OC(c2ccccc2)(c2ccccc2)c2ccccc2)c1. The molecule has 0 atom stereocenters. The zero-order chi connectivity index (χ0) is 19.2. The minimum Gasteiger partial charge on any atom is -0.473 e. The van der Waals surface area contributed by atoms with Gasteiger partial charge in [0.05, 0.1) is 0 Å². The predicted octanol–water partition coefficient (Wildman–Crippen LogP) is 5.87. The number of hydrogen-bond donors (Lipinski definition) is 0. The molecule has 0 radical (unpaired) electrons. The zero-order valence-electron chi connectivity index (χ0n) is 15.4. The van der Waals surface area contributed by atoms with Crippen LogP contribution in [-0.4, -0.2) is 6.29 Å². The van der Waals surface area contributed by atoms with Crippen molar-refractivity contribution >= 4 is 6.29 Å². The minimum absolute atomic E-state index is 0.584. The van der Waals surface area contributed by atoms with Crippen LogP contribution in [0.15, 0.2) is 115 Å². The van der Waals surface area contributed by atoms with Crippen molar-refractivity contribution in [2.24, 2.45) is 0 Å². The maximum absolute atomic E-state index is 11.3. The summed E-state index contributed by atoms with van der Waals surface area (Å²) in [5.41, 5.74) is 2.79. The number of rotatable bonds is 6. The Morgan fingerprint density at radius 3 is 1.46 bits per heavy atom. The predicted molar refractivity (Wildman–Crippen MR) is 112 cm³/mol. The Kier molecular flexibility index (Phi) is 5.03. The molecule has 0 aromatic heterocycles. The molecule has 0 aliphatic carbocycles. The molecule has 0 amide bonds. The van der Waals surface area contributed by atoms with E-state index in [4.69, 9.17) is 4.74 Å². The van der Waals surface area contributed by atoms with Gasteiger partial charge in [-0.2, -0.15) is 0 Å². The third-order valence-electron chi connectivity index (χ3n) is 4.81. The van der Waals surface area contributed by atoms with Gasteiger partial charge in [0.2, 0.25) is 0 Å². The van der Waals surface area contributed by atoms with E-state index in [0.717, 1.165) is 23.0 Å². The Morgan fingerprint density at radius 2 is 1.04 bits per heavy atom. The molecule has 0 heterocycles. The molecule has 0 saturated heterocycles. The summed E-state index contributed by atoms with van der Waals surface area (Å²) in [5, 5.41) is 0. The molecule has 0 bridgehead atoms. The first-order chi connectivity index (χ1) is 13.8. The van der Waals surface area contributed by atoms with Gasteiger partial charge < -0.3 is 4.74 Å². The first-order valence-corrected chi connectivity index (χ1v) is 9.24. The van der Waals surface area contributed by atoms with Gasteiger partial charge in [0.15, 0.2) is 5.60 Å². The van der Waals surface area contributed by atoms with E-state index in [1.54, 1.807) is 12.1 Å². The van der Waals surface area contributed by atoms with Crippen molar-refractivity contribution < 1.29 is 9.53 Å². The average Bonchev–Trinajstić information content (AvgIpc) is 2.79. The molecule has 0 fully saturated rings. The van der Waals surface area contributed by atoms with Crippen LogP contribution in [0.5, 0.6) is 5.75 Å². The summed E-state index contributed by atoms with van der Waals surface area (Å²) >= 11 is 0. The first-order valence-electron chi connectivity index (χ1n) is 9.24. The first kappa shape index (κ1) is 17.7. The molecule has 28 heavy (non-hydrogen) atoms. The number of benzene rings is 4. The van der Waals surface area contributed by atoms with Crippen LogP contribution in [0.2, 0.25) is 0 Å². The normalized spacial score (nSPS) is 11.0. The summed E-state index contributed by atoms with van der Waals surface area (Å²) in [5.74, 6) is 0.640. The smallest absolute Gasteiger partial charge is 0.184 e. The third-order valence-corrected chi connectivity index (χ3v) is 4.81. The van der Waals surface area contributed by atoms with E-state index in [1.807, 2.05) is 66.7 Å². The van der Waals surface area contributed by atoms with E-state index in [1.165, 1.54) is 0 Å². The second-order valence-corrected chi connectivity index (χ2v) is 6.57. The highest BCUT2D eigenvalue weighted by molar-refractivity contribution is 5.75. The summed E-state index contributed by atoms with van der Waals surface area (Å²) in [6.07, 6.45) is 0.835. The topological polar surface area (TPSA) is 26.3 Å². The van der Waals surface area contributed by atoms with Crippen LogP contribution in [0.3, 0.4) is 0 Å². The van der Waals surface area contributed by atoms with Crippen LogP contribution in [0.4, 0.5) is 0 Å². The fraction of sp³-hybridized carbons (Fsp3) is 0.0385. The van der Waals surface area contributed by atoms with Crippen molar-refractivity contribution in [2.45, 2.75) is 5.60 Å². The van der Waals surface area contributed by atoms with Crippen LogP contribution in [0.1, 0.15) is 27.0 Å². The molecule has 4 rings (SSSR count). The summed E-state index contributed by atoms with van der Waals surface area (Å²) in [7, 11) is 0. The van der Waals surface area contributed by atoms with Gasteiger partial charge in [-0.3, -0.25) is 4.79 Å². The van der Waals surface area contributed by atoms with Crippen LogP contribution >= 0.6 is 0 Å². The highest BCUT2D eigenvalue weighted by atomic mass is 16.5. The van der Waals surface area contributed by atoms with E-state index < -0.39 is 5.60 Å². The fourth-order valence-corrected chi connectivity index (χ4v) is 3.52. The second kappa shape index (κ2) is 7.93. The molecule has 136 valence electrons. The van der Waals surface area contributed by atoms with E-state index >= 15 is 0 Å². The number of carbonyl (C=O) groups excluding carboxylic acids is 1. The molecule has 2 heteroatoms. The van der Waals surface area contributed by atoms with E-state index in [2.05, 4.69) is 36.4 Å². The second-order valence-electron chi connectivity index (χ2n) is 6.57. The Hall–Kier alpha value is -3.65. The summed E-state index contributed by atoms with van der Waals surface area (Å²) in [6.45, 7) is 0. The lowest BCUT2D eigenvalue weighted by Gasteiger charge is -2.36. The number of aldehydes is 1. The van der Waals surface area contributed by atoms with Gasteiger partial charge >= 0.3 is 0 Å². The maximum atomic E-state index is 11.3. The lowest BCUT2D eigenvalue weighted by molar-refractivity contribution is 0.112. The number of hydrogen-bond acceptors (Lipinski definition) is 2. The van der Waals surface area contributed by atoms with Crippen molar-refractivity contribution in [3.05, 3.63) is 138 Å². The van der Waals surface area contributed by atoms with Crippen molar-refractivity contribution in [2.75, 3.05) is 0 Å². The van der Waals surface area contributed by atoms with Crippen LogP contribution in [-0.2, 0) is 5.60 Å². The Labute approximate surface area is 165 Å². The number of carbonyl (C=O) groups is 1. The Bertz CT molecular complexity index is 945. The fourth-order valence-electron chi connectivity index (χ4n) is 3.52. The molecule has 0 saturated carbocycles. The van der Waals surface area contributed by atoms with E-state index in [9.17, 15) is 4.79 Å². The van der Waals surface area contributed by atoms with Crippen molar-refractivity contribution in [1.29, 1.82) is 0 Å². The highest BCUT2D eigenvalue weighted by Crippen LogP contribution is 2.41. The van der Waals surface area contributed by atoms with Gasteiger partial charge in [-0.15, -0.1) is 0 Å². The lowest BCUT2D eigenvalue weighted by Crippen LogP contribution is -2.36. The summed E-state index contributed by atoms with van der Waals surface area (Å²) < 4.78 is 6.74. The molecule has 0 spiro atoms. The van der Waals surface area contributed by atoms with Crippen molar-refractivity contribution in [3.8, 4) is 5.75 Å². The molecule has 0 N–H and O–H groups in total. The van der Waals surface area contributed by atoms with Crippen molar-refractivity contribution in [1.82, 2.24) is 0 Å². The van der Waals surface area contributed by atoms with Crippen molar-refractivity contribution in [3.63, 3.8) is 0 Å². The Balaban J connectivity index is 1.99. The monoisotopic (exact) mass is 364 g/mol. The molecule has 0 unspecified atom stereocenters. The van der Waals surface area contributed by atoms with Gasteiger partial charge in [-0.1, -0.05) is 103 Å². The molecule has 4 aromatic carbocycles. The molecule has 2 nitrogen and oxygen atoms in total. The highest BCUT2D eigenvalue weighted by Gasteiger charge is 2.38. The van der Waals surface area contributed by atoms with E-state index in [-0.39, 0.29) is 0 Å². The van der Waals surface area contributed by atoms with Crippen LogP contribution in [0, 0.1) is 0 Å². The van der Waals surface area contributed by atoms with Crippen LogP contribution < -0.4 is 4.74 Å². The third kappa shape index (κ3) is 3.33. The van der Waals surface area contributed by atoms with Gasteiger partial charge in [0.1, 0.15) is 12.0 Å². The lowest BCUT2D eigenvalue weighted by atomic mass is 9.80. The summed E-state index contributed by atoms with van der Waals surface area (Å²) in [6, 6.07) is 37.8. The standard InChI is InChI=1S/C26H20O2/c27-20-21-11-10-18-25(19-21)28-26(22-12-4-1-5-13-22,23-14-6-2-7-15-23)24-16-8-3-9-17-24/h1-20H.